The monoisotopic (exact) mass is 225 g/mol. The van der Waals surface area contributed by atoms with Gasteiger partial charge in [-0.1, -0.05) is 19.3 Å². The summed E-state index contributed by atoms with van der Waals surface area (Å²) in [7, 11) is 0. The summed E-state index contributed by atoms with van der Waals surface area (Å²) < 4.78 is 0. The molecule has 1 heterocycles. The number of rotatable bonds is 2. The van der Waals surface area contributed by atoms with Gasteiger partial charge in [-0.15, -0.1) is 0 Å². The highest BCUT2D eigenvalue weighted by molar-refractivity contribution is 5.75. The fraction of sp³-hybridized carbons (Fsp3) is 0.917. The molecule has 0 aromatic rings. The van der Waals surface area contributed by atoms with Gasteiger partial charge in [0.15, 0.2) is 0 Å². The zero-order chi connectivity index (χ0) is 11.4. The van der Waals surface area contributed by atoms with Crippen LogP contribution in [0.2, 0.25) is 0 Å². The van der Waals surface area contributed by atoms with Crippen molar-refractivity contribution in [1.29, 1.82) is 0 Å². The molecule has 0 aromatic carbocycles. The Morgan fingerprint density at radius 1 is 1.31 bits per heavy atom. The lowest BCUT2D eigenvalue weighted by Crippen LogP contribution is -2.53. The van der Waals surface area contributed by atoms with E-state index in [4.69, 9.17) is 0 Å². The van der Waals surface area contributed by atoms with Crippen molar-refractivity contribution >= 4 is 6.03 Å². The van der Waals surface area contributed by atoms with Crippen molar-refractivity contribution in [2.75, 3.05) is 13.1 Å². The van der Waals surface area contributed by atoms with E-state index >= 15 is 0 Å². The summed E-state index contributed by atoms with van der Waals surface area (Å²) in [4.78, 5) is 11.8. The van der Waals surface area contributed by atoms with E-state index in [0.29, 0.717) is 6.04 Å². The Morgan fingerprint density at radius 2 is 2.06 bits per heavy atom. The first-order valence-electron chi connectivity index (χ1n) is 6.47. The van der Waals surface area contributed by atoms with Crippen molar-refractivity contribution in [3.8, 4) is 0 Å². The Balaban J connectivity index is 1.74. The molecule has 0 bridgehead atoms. The molecular formula is C12H23N3O. The standard InChI is InChI=1S/C12H23N3O/c1-12(7-8-13-9-12)15-11(16)14-10-5-3-2-4-6-10/h10,13H,2-9H2,1H3,(H2,14,15,16). The van der Waals surface area contributed by atoms with Gasteiger partial charge in [0.25, 0.3) is 0 Å². The summed E-state index contributed by atoms with van der Waals surface area (Å²) >= 11 is 0. The summed E-state index contributed by atoms with van der Waals surface area (Å²) in [6.45, 7) is 3.98. The molecule has 2 amide bonds. The highest BCUT2D eigenvalue weighted by atomic mass is 16.2. The molecule has 16 heavy (non-hydrogen) atoms. The molecular weight excluding hydrogens is 202 g/mol. The van der Waals surface area contributed by atoms with Crippen LogP contribution in [-0.4, -0.2) is 30.7 Å². The first kappa shape index (κ1) is 11.7. The fourth-order valence-electron chi connectivity index (χ4n) is 2.67. The molecule has 1 aliphatic carbocycles. The van der Waals surface area contributed by atoms with Crippen molar-refractivity contribution in [3.05, 3.63) is 0 Å². The zero-order valence-corrected chi connectivity index (χ0v) is 10.1. The van der Waals surface area contributed by atoms with Crippen LogP contribution in [0.5, 0.6) is 0 Å². The molecule has 1 unspecified atom stereocenters. The highest BCUT2D eigenvalue weighted by Gasteiger charge is 2.30. The van der Waals surface area contributed by atoms with Gasteiger partial charge in [0.2, 0.25) is 0 Å². The number of nitrogens with one attached hydrogen (secondary N) is 3. The summed E-state index contributed by atoms with van der Waals surface area (Å²) in [6.07, 6.45) is 7.13. The lowest BCUT2D eigenvalue weighted by molar-refractivity contribution is 0.221. The molecule has 2 fully saturated rings. The van der Waals surface area contributed by atoms with Crippen molar-refractivity contribution in [2.24, 2.45) is 0 Å². The fourth-order valence-corrected chi connectivity index (χ4v) is 2.67. The van der Waals surface area contributed by atoms with Gasteiger partial charge < -0.3 is 16.0 Å². The van der Waals surface area contributed by atoms with Gasteiger partial charge in [-0.25, -0.2) is 4.79 Å². The lowest BCUT2D eigenvalue weighted by atomic mass is 9.95. The number of amides is 2. The number of hydrogen-bond donors (Lipinski definition) is 3. The number of carbonyl (C=O) groups excluding carboxylic acids is 1. The zero-order valence-electron chi connectivity index (χ0n) is 10.1. The van der Waals surface area contributed by atoms with Crippen molar-refractivity contribution in [3.63, 3.8) is 0 Å². The van der Waals surface area contributed by atoms with Gasteiger partial charge in [0.1, 0.15) is 0 Å². The lowest BCUT2D eigenvalue weighted by Gasteiger charge is -2.28. The van der Waals surface area contributed by atoms with E-state index in [0.717, 1.165) is 32.4 Å². The molecule has 1 saturated carbocycles. The van der Waals surface area contributed by atoms with Crippen LogP contribution in [-0.2, 0) is 0 Å². The summed E-state index contributed by atoms with van der Waals surface area (Å²) in [6, 6.07) is 0.407. The Bertz CT molecular complexity index is 243. The van der Waals surface area contributed by atoms with Gasteiger partial charge >= 0.3 is 6.03 Å². The predicted octanol–water partition coefficient (Wildman–Crippen LogP) is 1.37. The minimum atomic E-state index is -0.0568. The summed E-state index contributed by atoms with van der Waals surface area (Å²) in [5.74, 6) is 0. The smallest absolute Gasteiger partial charge is 0.315 e. The van der Waals surface area contributed by atoms with E-state index in [9.17, 15) is 4.79 Å². The van der Waals surface area contributed by atoms with E-state index in [-0.39, 0.29) is 11.6 Å². The van der Waals surface area contributed by atoms with Gasteiger partial charge in [0.05, 0.1) is 5.54 Å². The van der Waals surface area contributed by atoms with Crippen LogP contribution >= 0.6 is 0 Å². The van der Waals surface area contributed by atoms with Crippen LogP contribution in [0.15, 0.2) is 0 Å². The number of urea groups is 1. The molecule has 1 atom stereocenters. The van der Waals surface area contributed by atoms with E-state index in [1.54, 1.807) is 0 Å². The maximum atomic E-state index is 11.8. The third kappa shape index (κ3) is 3.11. The summed E-state index contributed by atoms with van der Waals surface area (Å²) in [5.41, 5.74) is -0.0568. The Hall–Kier alpha value is -0.770. The molecule has 4 nitrogen and oxygen atoms in total. The Kier molecular flexibility index (Phi) is 3.69. The van der Waals surface area contributed by atoms with Crippen LogP contribution < -0.4 is 16.0 Å². The molecule has 0 spiro atoms. The first-order valence-corrected chi connectivity index (χ1v) is 6.47. The largest absolute Gasteiger partial charge is 0.335 e. The molecule has 3 N–H and O–H groups in total. The van der Waals surface area contributed by atoms with E-state index in [2.05, 4.69) is 22.9 Å². The van der Waals surface area contributed by atoms with Crippen LogP contribution in [0, 0.1) is 0 Å². The van der Waals surface area contributed by atoms with Crippen molar-refractivity contribution in [1.82, 2.24) is 16.0 Å². The molecule has 1 saturated heterocycles. The van der Waals surface area contributed by atoms with Gasteiger partial charge in [-0.05, 0) is 32.7 Å². The average molecular weight is 225 g/mol. The molecule has 0 aromatic heterocycles. The number of carbonyl (C=O) groups is 1. The van der Waals surface area contributed by atoms with E-state index in [1.165, 1.54) is 19.3 Å². The van der Waals surface area contributed by atoms with Crippen LogP contribution in [0.1, 0.15) is 45.4 Å². The summed E-state index contributed by atoms with van der Waals surface area (Å²) in [5, 5.41) is 9.46. The number of hydrogen-bond acceptors (Lipinski definition) is 2. The van der Waals surface area contributed by atoms with E-state index < -0.39 is 0 Å². The Labute approximate surface area is 97.6 Å². The SMILES string of the molecule is CC1(NC(=O)NC2CCCCC2)CCNC1. The van der Waals surface area contributed by atoms with Crippen LogP contribution in [0.3, 0.4) is 0 Å². The molecule has 2 rings (SSSR count). The maximum Gasteiger partial charge on any atom is 0.315 e. The quantitative estimate of drug-likeness (QED) is 0.665. The maximum absolute atomic E-state index is 11.8. The molecule has 2 aliphatic rings. The topological polar surface area (TPSA) is 53.2 Å². The first-order chi connectivity index (χ1) is 7.68. The molecule has 4 heteroatoms. The second kappa shape index (κ2) is 5.04. The molecule has 92 valence electrons. The van der Waals surface area contributed by atoms with Crippen LogP contribution in [0.4, 0.5) is 4.79 Å². The Morgan fingerprint density at radius 3 is 2.69 bits per heavy atom. The third-order valence-corrected chi connectivity index (χ3v) is 3.72. The van der Waals surface area contributed by atoms with Crippen molar-refractivity contribution in [2.45, 2.75) is 57.0 Å². The third-order valence-electron chi connectivity index (χ3n) is 3.72. The second-order valence-electron chi connectivity index (χ2n) is 5.42. The minimum Gasteiger partial charge on any atom is -0.335 e. The highest BCUT2D eigenvalue weighted by Crippen LogP contribution is 2.18. The van der Waals surface area contributed by atoms with Crippen LogP contribution in [0.25, 0.3) is 0 Å². The minimum absolute atomic E-state index is 0.0121. The van der Waals surface area contributed by atoms with Gasteiger partial charge in [-0.2, -0.15) is 0 Å². The second-order valence-corrected chi connectivity index (χ2v) is 5.42. The molecule has 0 radical (unpaired) electrons. The van der Waals surface area contributed by atoms with Gasteiger partial charge in [0, 0.05) is 12.6 Å². The van der Waals surface area contributed by atoms with Gasteiger partial charge in [-0.3, -0.25) is 0 Å². The molecule has 1 aliphatic heterocycles. The van der Waals surface area contributed by atoms with Crippen molar-refractivity contribution < 1.29 is 4.79 Å². The van der Waals surface area contributed by atoms with E-state index in [1.807, 2.05) is 0 Å². The predicted molar refractivity (Wildman–Crippen MR) is 64.4 cm³/mol. The average Bonchev–Trinajstić information content (AvgIpc) is 2.66. The normalized spacial score (nSPS) is 31.3.